The Morgan fingerprint density at radius 3 is 2.61 bits per heavy atom. The van der Waals surface area contributed by atoms with Gasteiger partial charge >= 0.3 is 0 Å². The standard InChI is InChI=1S/C14H19ClN2O/c1-9(12-5-3-4-6-13(12)15)16-10(2)14(18)17-11-7-8-11/h3-6,9-11,16H,7-8H2,1-2H3,(H,17,18)/t9-,10-/m0/s1. The van der Waals surface area contributed by atoms with Gasteiger partial charge in [-0.1, -0.05) is 29.8 Å². The van der Waals surface area contributed by atoms with E-state index in [9.17, 15) is 4.79 Å². The highest BCUT2D eigenvalue weighted by Crippen LogP contribution is 2.23. The summed E-state index contributed by atoms with van der Waals surface area (Å²) in [6.45, 7) is 3.90. The average Bonchev–Trinajstić information content (AvgIpc) is 3.13. The van der Waals surface area contributed by atoms with E-state index >= 15 is 0 Å². The first kappa shape index (κ1) is 13.4. The van der Waals surface area contributed by atoms with Crippen molar-refractivity contribution in [1.29, 1.82) is 0 Å². The van der Waals surface area contributed by atoms with Crippen LogP contribution in [0.2, 0.25) is 5.02 Å². The molecule has 1 aromatic rings. The molecule has 1 aliphatic rings. The van der Waals surface area contributed by atoms with Gasteiger partial charge in [0.1, 0.15) is 0 Å². The highest BCUT2D eigenvalue weighted by Gasteiger charge is 2.26. The minimum Gasteiger partial charge on any atom is -0.352 e. The fraction of sp³-hybridized carbons (Fsp3) is 0.500. The predicted octanol–water partition coefficient (Wildman–Crippen LogP) is 2.66. The van der Waals surface area contributed by atoms with E-state index in [1.807, 2.05) is 38.1 Å². The van der Waals surface area contributed by atoms with Crippen LogP contribution in [0.4, 0.5) is 0 Å². The van der Waals surface area contributed by atoms with Crippen LogP contribution >= 0.6 is 11.6 Å². The van der Waals surface area contributed by atoms with Crippen molar-refractivity contribution in [2.24, 2.45) is 0 Å². The van der Waals surface area contributed by atoms with Gasteiger partial charge in [-0.15, -0.1) is 0 Å². The number of hydrogen-bond donors (Lipinski definition) is 2. The topological polar surface area (TPSA) is 41.1 Å². The predicted molar refractivity (Wildman–Crippen MR) is 73.6 cm³/mol. The molecule has 0 bridgehead atoms. The van der Waals surface area contributed by atoms with E-state index in [4.69, 9.17) is 11.6 Å². The average molecular weight is 267 g/mol. The molecule has 0 saturated heterocycles. The lowest BCUT2D eigenvalue weighted by atomic mass is 10.1. The van der Waals surface area contributed by atoms with Crippen molar-refractivity contribution >= 4 is 17.5 Å². The van der Waals surface area contributed by atoms with Gasteiger partial charge < -0.3 is 5.32 Å². The maximum Gasteiger partial charge on any atom is 0.237 e. The first-order valence-corrected chi connectivity index (χ1v) is 6.76. The van der Waals surface area contributed by atoms with Crippen LogP contribution in [0.25, 0.3) is 0 Å². The molecule has 2 rings (SSSR count). The lowest BCUT2D eigenvalue weighted by molar-refractivity contribution is -0.123. The summed E-state index contributed by atoms with van der Waals surface area (Å²) in [5.41, 5.74) is 1.02. The summed E-state index contributed by atoms with van der Waals surface area (Å²) in [5, 5.41) is 6.99. The van der Waals surface area contributed by atoms with E-state index in [2.05, 4.69) is 10.6 Å². The highest BCUT2D eigenvalue weighted by molar-refractivity contribution is 6.31. The molecule has 0 unspecified atom stereocenters. The van der Waals surface area contributed by atoms with Gasteiger partial charge in [-0.05, 0) is 38.3 Å². The zero-order valence-corrected chi connectivity index (χ0v) is 11.5. The van der Waals surface area contributed by atoms with Gasteiger partial charge in [0.05, 0.1) is 6.04 Å². The maximum atomic E-state index is 11.8. The van der Waals surface area contributed by atoms with Crippen LogP contribution in [-0.2, 0) is 4.79 Å². The monoisotopic (exact) mass is 266 g/mol. The van der Waals surface area contributed by atoms with Gasteiger partial charge in [0.25, 0.3) is 0 Å². The minimum absolute atomic E-state index is 0.0543. The van der Waals surface area contributed by atoms with Gasteiger partial charge in [0.15, 0.2) is 0 Å². The Balaban J connectivity index is 1.91. The molecule has 98 valence electrons. The smallest absolute Gasteiger partial charge is 0.237 e. The van der Waals surface area contributed by atoms with Gasteiger partial charge in [0.2, 0.25) is 5.91 Å². The van der Waals surface area contributed by atoms with E-state index < -0.39 is 0 Å². The minimum atomic E-state index is -0.211. The molecule has 18 heavy (non-hydrogen) atoms. The second kappa shape index (κ2) is 5.72. The molecule has 3 nitrogen and oxygen atoms in total. The molecule has 1 fully saturated rings. The summed E-state index contributed by atoms with van der Waals surface area (Å²) in [5.74, 6) is 0.0661. The van der Waals surface area contributed by atoms with Crippen molar-refractivity contribution in [3.63, 3.8) is 0 Å². The van der Waals surface area contributed by atoms with Gasteiger partial charge in [-0.3, -0.25) is 10.1 Å². The third-order valence-electron chi connectivity index (χ3n) is 3.19. The highest BCUT2D eigenvalue weighted by atomic mass is 35.5. The molecular formula is C14H19ClN2O. The third kappa shape index (κ3) is 3.47. The van der Waals surface area contributed by atoms with E-state index in [0.29, 0.717) is 6.04 Å². The van der Waals surface area contributed by atoms with Crippen LogP contribution in [0.15, 0.2) is 24.3 Å². The number of halogens is 1. The Labute approximate surface area is 113 Å². The molecule has 2 atom stereocenters. The molecule has 4 heteroatoms. The van der Waals surface area contributed by atoms with Crippen LogP contribution in [-0.4, -0.2) is 18.0 Å². The number of carbonyl (C=O) groups is 1. The van der Waals surface area contributed by atoms with E-state index in [1.54, 1.807) is 0 Å². The lowest BCUT2D eigenvalue weighted by Crippen LogP contribution is -2.43. The molecule has 2 N–H and O–H groups in total. The summed E-state index contributed by atoms with van der Waals surface area (Å²) >= 11 is 6.14. The Morgan fingerprint density at radius 1 is 1.33 bits per heavy atom. The molecule has 1 aromatic carbocycles. The Bertz CT molecular complexity index is 432. The molecule has 0 radical (unpaired) electrons. The van der Waals surface area contributed by atoms with Crippen LogP contribution in [0.3, 0.4) is 0 Å². The third-order valence-corrected chi connectivity index (χ3v) is 3.53. The van der Waals surface area contributed by atoms with Crippen molar-refractivity contribution in [3.8, 4) is 0 Å². The summed E-state index contributed by atoms with van der Waals surface area (Å²) in [6, 6.07) is 7.94. The molecule has 0 heterocycles. The van der Waals surface area contributed by atoms with Crippen molar-refractivity contribution in [1.82, 2.24) is 10.6 Å². The summed E-state index contributed by atoms with van der Waals surface area (Å²) in [4.78, 5) is 11.8. The fourth-order valence-electron chi connectivity index (χ4n) is 1.92. The quantitative estimate of drug-likeness (QED) is 0.860. The van der Waals surface area contributed by atoms with Crippen LogP contribution < -0.4 is 10.6 Å². The number of rotatable bonds is 5. The van der Waals surface area contributed by atoms with E-state index in [1.165, 1.54) is 0 Å². The zero-order valence-electron chi connectivity index (χ0n) is 10.7. The number of carbonyl (C=O) groups excluding carboxylic acids is 1. The summed E-state index contributed by atoms with van der Waals surface area (Å²) < 4.78 is 0. The maximum absolute atomic E-state index is 11.8. The van der Waals surface area contributed by atoms with E-state index in [-0.39, 0.29) is 18.0 Å². The van der Waals surface area contributed by atoms with Gasteiger partial charge in [-0.2, -0.15) is 0 Å². The number of amides is 1. The molecular weight excluding hydrogens is 248 g/mol. The fourth-order valence-corrected chi connectivity index (χ4v) is 2.22. The Morgan fingerprint density at radius 2 is 2.00 bits per heavy atom. The summed E-state index contributed by atoms with van der Waals surface area (Å²) in [6.07, 6.45) is 2.22. The molecule has 1 aliphatic carbocycles. The Kier molecular flexibility index (Phi) is 4.25. The second-order valence-corrected chi connectivity index (χ2v) is 5.32. The second-order valence-electron chi connectivity index (χ2n) is 4.91. The van der Waals surface area contributed by atoms with Gasteiger partial charge in [0, 0.05) is 17.1 Å². The molecule has 0 spiro atoms. The van der Waals surface area contributed by atoms with Crippen LogP contribution in [0.5, 0.6) is 0 Å². The SMILES string of the molecule is C[C@H](N[C@@H](C)c1ccccc1Cl)C(=O)NC1CC1. The van der Waals surface area contributed by atoms with Gasteiger partial charge in [-0.25, -0.2) is 0 Å². The molecule has 1 saturated carbocycles. The first-order valence-electron chi connectivity index (χ1n) is 6.39. The number of hydrogen-bond acceptors (Lipinski definition) is 2. The van der Waals surface area contributed by atoms with E-state index in [0.717, 1.165) is 23.4 Å². The van der Waals surface area contributed by atoms with Crippen LogP contribution in [0, 0.1) is 0 Å². The van der Waals surface area contributed by atoms with Crippen molar-refractivity contribution in [3.05, 3.63) is 34.9 Å². The van der Waals surface area contributed by atoms with Crippen molar-refractivity contribution in [2.75, 3.05) is 0 Å². The number of benzene rings is 1. The van der Waals surface area contributed by atoms with Crippen LogP contribution in [0.1, 0.15) is 38.3 Å². The summed E-state index contributed by atoms with van der Waals surface area (Å²) in [7, 11) is 0. The lowest BCUT2D eigenvalue weighted by Gasteiger charge is -2.20. The van der Waals surface area contributed by atoms with Crippen molar-refractivity contribution in [2.45, 2.75) is 44.8 Å². The largest absolute Gasteiger partial charge is 0.352 e. The normalized spacial score (nSPS) is 18.2. The zero-order chi connectivity index (χ0) is 13.1. The van der Waals surface area contributed by atoms with Crippen molar-refractivity contribution < 1.29 is 4.79 Å². The molecule has 1 amide bonds. The molecule has 0 aromatic heterocycles. The number of nitrogens with one attached hydrogen (secondary N) is 2. The Hall–Kier alpha value is -1.06. The molecule has 0 aliphatic heterocycles. The first-order chi connectivity index (χ1) is 8.58.